The number of carbonyl (C=O) groups is 2. The molecule has 0 spiro atoms. The Balaban J connectivity index is 1.54. The van der Waals surface area contributed by atoms with Gasteiger partial charge in [-0.25, -0.2) is 4.98 Å². The van der Waals surface area contributed by atoms with Gasteiger partial charge in [0.15, 0.2) is 5.13 Å². The second kappa shape index (κ2) is 9.16. The number of aromatic amines is 1. The molecule has 0 atom stereocenters. The number of methoxy groups -OCH3 is 1. The Hall–Kier alpha value is -3.46. The van der Waals surface area contributed by atoms with Crippen molar-refractivity contribution in [1.29, 1.82) is 0 Å². The summed E-state index contributed by atoms with van der Waals surface area (Å²) in [6.07, 6.45) is 2.02. The first-order valence-corrected chi connectivity index (χ1v) is 9.71. The molecule has 3 N–H and O–H groups in total. The number of thiazole rings is 1. The normalized spacial score (nSPS) is 10.4. The predicted octanol–water partition coefficient (Wildman–Crippen LogP) is 2.97. The van der Waals surface area contributed by atoms with Gasteiger partial charge in [-0.15, -0.1) is 11.3 Å². The average molecular weight is 412 g/mol. The first kappa shape index (κ1) is 20.3. The summed E-state index contributed by atoms with van der Waals surface area (Å²) in [5, 5.41) is 7.75. The van der Waals surface area contributed by atoms with Crippen molar-refractivity contribution in [2.24, 2.45) is 0 Å². The van der Waals surface area contributed by atoms with E-state index in [1.807, 2.05) is 25.1 Å². The molecular formula is C20H20N4O4S. The van der Waals surface area contributed by atoms with Crippen LogP contribution in [0.5, 0.6) is 5.75 Å². The van der Waals surface area contributed by atoms with Gasteiger partial charge in [-0.3, -0.25) is 19.7 Å². The number of carbonyl (C=O) groups excluding carboxylic acids is 2. The van der Waals surface area contributed by atoms with Gasteiger partial charge in [0.05, 0.1) is 24.1 Å². The predicted molar refractivity (Wildman–Crippen MR) is 112 cm³/mol. The third-order valence-electron chi connectivity index (χ3n) is 4.06. The summed E-state index contributed by atoms with van der Waals surface area (Å²) in [6.45, 7) is 1.94. The first-order chi connectivity index (χ1) is 13.9. The van der Waals surface area contributed by atoms with Crippen LogP contribution in [0.3, 0.4) is 0 Å². The summed E-state index contributed by atoms with van der Waals surface area (Å²) in [5.41, 5.74) is 2.40. The standard InChI is InChI=1S/C20H20N4O4S/c1-12-3-6-16(28-2)15(9-12)23-18(26)8-5-14-11-29-20(22-14)24-19(27)13-4-7-17(25)21-10-13/h3-4,6-7,9-11H,5,8H2,1-2H3,(H,21,25)(H,23,26)(H,22,24,27). The molecule has 0 saturated heterocycles. The van der Waals surface area contributed by atoms with Crippen LogP contribution in [-0.2, 0) is 11.2 Å². The lowest BCUT2D eigenvalue weighted by Crippen LogP contribution is -2.15. The highest BCUT2D eigenvalue weighted by atomic mass is 32.1. The summed E-state index contributed by atoms with van der Waals surface area (Å²) in [4.78, 5) is 42.3. The van der Waals surface area contributed by atoms with Crippen LogP contribution >= 0.6 is 11.3 Å². The summed E-state index contributed by atoms with van der Waals surface area (Å²) in [5.74, 6) is 0.0806. The molecule has 0 radical (unpaired) electrons. The van der Waals surface area contributed by atoms with E-state index in [0.29, 0.717) is 34.2 Å². The van der Waals surface area contributed by atoms with Gasteiger partial charge in [0.2, 0.25) is 11.5 Å². The lowest BCUT2D eigenvalue weighted by molar-refractivity contribution is -0.116. The number of pyridine rings is 1. The molecule has 3 aromatic rings. The molecule has 3 rings (SSSR count). The number of H-pyrrole nitrogens is 1. The number of hydrogen-bond donors (Lipinski definition) is 3. The van der Waals surface area contributed by atoms with E-state index >= 15 is 0 Å². The summed E-state index contributed by atoms with van der Waals surface area (Å²) >= 11 is 1.27. The van der Waals surface area contributed by atoms with Gasteiger partial charge >= 0.3 is 0 Å². The van der Waals surface area contributed by atoms with Crippen LogP contribution in [0.1, 0.15) is 28.0 Å². The average Bonchev–Trinajstić information content (AvgIpc) is 3.14. The number of ether oxygens (including phenoxy) is 1. The topological polar surface area (TPSA) is 113 Å². The first-order valence-electron chi connectivity index (χ1n) is 8.83. The van der Waals surface area contributed by atoms with Crippen LogP contribution in [-0.4, -0.2) is 28.9 Å². The van der Waals surface area contributed by atoms with Gasteiger partial charge < -0.3 is 15.0 Å². The van der Waals surface area contributed by atoms with E-state index in [-0.39, 0.29) is 23.8 Å². The molecule has 29 heavy (non-hydrogen) atoms. The smallest absolute Gasteiger partial charge is 0.258 e. The quantitative estimate of drug-likeness (QED) is 0.552. The number of hydrogen-bond acceptors (Lipinski definition) is 6. The van der Waals surface area contributed by atoms with Gasteiger partial charge in [0.1, 0.15) is 5.75 Å². The Morgan fingerprint density at radius 1 is 1.21 bits per heavy atom. The van der Waals surface area contributed by atoms with E-state index in [2.05, 4.69) is 20.6 Å². The van der Waals surface area contributed by atoms with Crippen LogP contribution in [0.25, 0.3) is 0 Å². The number of aryl methyl sites for hydroxylation is 2. The van der Waals surface area contributed by atoms with Gasteiger partial charge in [-0.2, -0.15) is 0 Å². The molecule has 0 saturated carbocycles. The molecule has 9 heteroatoms. The highest BCUT2D eigenvalue weighted by Gasteiger charge is 2.12. The van der Waals surface area contributed by atoms with Crippen molar-refractivity contribution in [3.63, 3.8) is 0 Å². The zero-order valence-electron chi connectivity index (χ0n) is 15.9. The molecule has 0 aliphatic rings. The highest BCUT2D eigenvalue weighted by molar-refractivity contribution is 7.14. The SMILES string of the molecule is COc1ccc(C)cc1NC(=O)CCc1csc(NC(=O)c2ccc(=O)[nH]c2)n1. The lowest BCUT2D eigenvalue weighted by Gasteiger charge is -2.10. The van der Waals surface area contributed by atoms with Gasteiger partial charge in [-0.05, 0) is 37.1 Å². The van der Waals surface area contributed by atoms with Crippen molar-refractivity contribution in [2.45, 2.75) is 19.8 Å². The third-order valence-corrected chi connectivity index (χ3v) is 4.86. The molecule has 0 aliphatic carbocycles. The number of nitrogens with one attached hydrogen (secondary N) is 3. The molecule has 2 amide bonds. The monoisotopic (exact) mass is 412 g/mol. The molecule has 0 fully saturated rings. The number of amides is 2. The maximum absolute atomic E-state index is 12.3. The van der Waals surface area contributed by atoms with E-state index in [0.717, 1.165) is 5.56 Å². The summed E-state index contributed by atoms with van der Waals surface area (Å²) in [7, 11) is 1.55. The minimum Gasteiger partial charge on any atom is -0.495 e. The maximum Gasteiger partial charge on any atom is 0.258 e. The Labute approximate surface area is 171 Å². The van der Waals surface area contributed by atoms with Crippen molar-refractivity contribution in [1.82, 2.24) is 9.97 Å². The van der Waals surface area contributed by atoms with Crippen molar-refractivity contribution >= 4 is 34.0 Å². The number of benzene rings is 1. The van der Waals surface area contributed by atoms with Crippen molar-refractivity contribution < 1.29 is 14.3 Å². The number of nitrogens with zero attached hydrogens (tertiary/aromatic N) is 1. The fraction of sp³-hybridized carbons (Fsp3) is 0.200. The van der Waals surface area contributed by atoms with Gasteiger partial charge in [0.25, 0.3) is 5.91 Å². The minimum absolute atomic E-state index is 0.152. The number of aromatic nitrogens is 2. The summed E-state index contributed by atoms with van der Waals surface area (Å²) < 4.78 is 5.26. The molecular weight excluding hydrogens is 392 g/mol. The zero-order chi connectivity index (χ0) is 20.8. The van der Waals surface area contributed by atoms with Crippen LogP contribution in [0.4, 0.5) is 10.8 Å². The van der Waals surface area contributed by atoms with E-state index in [1.165, 1.54) is 29.7 Å². The van der Waals surface area contributed by atoms with E-state index < -0.39 is 0 Å². The molecule has 8 nitrogen and oxygen atoms in total. The molecule has 0 unspecified atom stereocenters. The highest BCUT2D eigenvalue weighted by Crippen LogP contribution is 2.25. The fourth-order valence-corrected chi connectivity index (χ4v) is 3.31. The maximum atomic E-state index is 12.3. The van der Waals surface area contributed by atoms with Gasteiger partial charge in [-0.1, -0.05) is 6.07 Å². The molecule has 150 valence electrons. The minimum atomic E-state index is -0.369. The van der Waals surface area contributed by atoms with Crippen molar-refractivity contribution in [3.05, 3.63) is 69.1 Å². The third kappa shape index (κ3) is 5.52. The van der Waals surface area contributed by atoms with Crippen LogP contribution in [0, 0.1) is 6.92 Å². The van der Waals surface area contributed by atoms with Crippen molar-refractivity contribution in [3.8, 4) is 5.75 Å². The molecule has 2 aromatic heterocycles. The molecule has 1 aromatic carbocycles. The summed E-state index contributed by atoms with van der Waals surface area (Å²) in [6, 6.07) is 8.29. The van der Waals surface area contributed by atoms with E-state index in [1.54, 1.807) is 12.5 Å². The fourth-order valence-electron chi connectivity index (χ4n) is 2.57. The number of rotatable bonds is 7. The Morgan fingerprint density at radius 2 is 2.03 bits per heavy atom. The Kier molecular flexibility index (Phi) is 6.40. The van der Waals surface area contributed by atoms with E-state index in [9.17, 15) is 14.4 Å². The largest absolute Gasteiger partial charge is 0.495 e. The lowest BCUT2D eigenvalue weighted by atomic mass is 10.2. The molecule has 0 aliphatic heterocycles. The Bertz CT molecular complexity index is 1070. The second-order valence-corrected chi connectivity index (χ2v) is 7.15. The number of anilines is 2. The van der Waals surface area contributed by atoms with E-state index in [4.69, 9.17) is 4.74 Å². The van der Waals surface area contributed by atoms with Crippen LogP contribution < -0.4 is 20.9 Å². The second-order valence-electron chi connectivity index (χ2n) is 6.29. The van der Waals surface area contributed by atoms with Crippen LogP contribution in [0.2, 0.25) is 0 Å². The van der Waals surface area contributed by atoms with Crippen molar-refractivity contribution in [2.75, 3.05) is 17.7 Å². The molecule has 2 heterocycles. The van der Waals surface area contributed by atoms with Crippen LogP contribution in [0.15, 0.2) is 46.7 Å². The molecule has 0 bridgehead atoms. The zero-order valence-corrected chi connectivity index (χ0v) is 16.8. The van der Waals surface area contributed by atoms with Gasteiger partial charge in [0, 0.05) is 24.1 Å². The Morgan fingerprint density at radius 3 is 2.76 bits per heavy atom.